The number of carbonyl (C=O) groups is 1. The molecule has 4 aromatic heterocycles. The number of hydrogen-bond acceptors (Lipinski definition) is 7. The third-order valence-electron chi connectivity index (χ3n) is 5.85. The molecule has 0 unspecified atom stereocenters. The minimum atomic E-state index is -3.66. The summed E-state index contributed by atoms with van der Waals surface area (Å²) in [7, 11) is -1.88. The van der Waals surface area contributed by atoms with E-state index < -0.39 is 21.5 Å². The molecule has 0 atom stereocenters. The molecular weight excluding hydrogens is 444 g/mol. The van der Waals surface area contributed by atoms with Crippen molar-refractivity contribution in [1.29, 1.82) is 0 Å². The van der Waals surface area contributed by atoms with Crippen LogP contribution in [0.1, 0.15) is 32.3 Å². The summed E-state index contributed by atoms with van der Waals surface area (Å²) >= 11 is 0. The predicted octanol–water partition coefficient (Wildman–Crippen LogP) is 3.49. The lowest BCUT2D eigenvalue weighted by Crippen LogP contribution is -2.21. The first kappa shape index (κ1) is 21.4. The van der Waals surface area contributed by atoms with Gasteiger partial charge in [-0.1, -0.05) is 6.92 Å². The van der Waals surface area contributed by atoms with Crippen molar-refractivity contribution < 1.29 is 17.9 Å². The Morgan fingerprint density at radius 3 is 2.73 bits per heavy atom. The number of hydrogen-bond donors (Lipinski definition) is 1. The Morgan fingerprint density at radius 1 is 1.27 bits per heavy atom. The van der Waals surface area contributed by atoms with Crippen LogP contribution < -0.4 is 5.32 Å². The van der Waals surface area contributed by atoms with E-state index in [9.17, 15) is 13.2 Å². The average molecular weight is 469 g/mol. The van der Waals surface area contributed by atoms with Crippen molar-refractivity contribution in [2.45, 2.75) is 44.2 Å². The van der Waals surface area contributed by atoms with Crippen LogP contribution in [0.4, 0.5) is 10.5 Å². The van der Waals surface area contributed by atoms with Gasteiger partial charge in [0.25, 0.3) is 0 Å². The highest BCUT2D eigenvalue weighted by molar-refractivity contribution is 7.91. The Balaban J connectivity index is 1.64. The highest BCUT2D eigenvalue weighted by atomic mass is 32.2. The maximum absolute atomic E-state index is 13.1. The summed E-state index contributed by atoms with van der Waals surface area (Å²) in [6, 6.07) is 5.12. The molecule has 33 heavy (non-hydrogen) atoms. The fraction of sp³-hybridized carbons (Fsp3) is 0.364. The molecule has 0 saturated heterocycles. The fourth-order valence-corrected chi connectivity index (χ4v) is 4.87. The van der Waals surface area contributed by atoms with Crippen LogP contribution in [0.15, 0.2) is 35.6 Å². The van der Waals surface area contributed by atoms with E-state index in [0.717, 1.165) is 18.4 Å². The van der Waals surface area contributed by atoms with E-state index >= 15 is 0 Å². The molecule has 0 bridgehead atoms. The monoisotopic (exact) mass is 468 g/mol. The summed E-state index contributed by atoms with van der Waals surface area (Å²) < 4.78 is 34.8. The predicted molar refractivity (Wildman–Crippen MR) is 123 cm³/mol. The third-order valence-corrected chi connectivity index (χ3v) is 7.59. The van der Waals surface area contributed by atoms with Crippen molar-refractivity contribution in [2.75, 3.05) is 11.1 Å². The summed E-state index contributed by atoms with van der Waals surface area (Å²) in [5.41, 5.74) is 2.89. The Morgan fingerprint density at radius 2 is 2.03 bits per heavy atom. The van der Waals surface area contributed by atoms with Crippen LogP contribution in [-0.2, 0) is 21.6 Å². The van der Waals surface area contributed by atoms with Crippen LogP contribution >= 0.6 is 0 Å². The van der Waals surface area contributed by atoms with Gasteiger partial charge < -0.3 is 9.30 Å². The summed E-state index contributed by atoms with van der Waals surface area (Å²) in [5.74, 6) is 0.300. The summed E-state index contributed by atoms with van der Waals surface area (Å²) in [6.45, 7) is 5.39. The first-order chi connectivity index (χ1) is 15.6. The highest BCUT2D eigenvalue weighted by Crippen LogP contribution is 2.39. The molecule has 1 aliphatic carbocycles. The lowest BCUT2D eigenvalue weighted by atomic mass is 10.3. The van der Waals surface area contributed by atoms with Gasteiger partial charge in [-0.05, 0) is 44.4 Å². The van der Waals surface area contributed by atoms with Crippen LogP contribution in [0.25, 0.3) is 28.3 Å². The molecule has 0 aromatic carbocycles. The Kier molecular flexibility index (Phi) is 4.71. The van der Waals surface area contributed by atoms with Gasteiger partial charge in [-0.2, -0.15) is 0 Å². The lowest BCUT2D eigenvalue weighted by Gasteiger charge is -2.12. The molecule has 1 N–H and O–H groups in total. The van der Waals surface area contributed by atoms with Gasteiger partial charge >= 0.3 is 6.09 Å². The molecule has 172 valence electrons. The smallest absolute Gasteiger partial charge is 0.412 e. The van der Waals surface area contributed by atoms with Gasteiger partial charge in [0.1, 0.15) is 22.5 Å². The molecule has 0 aliphatic heterocycles. The zero-order valence-corrected chi connectivity index (χ0v) is 19.6. The van der Waals surface area contributed by atoms with Gasteiger partial charge in [0.05, 0.1) is 5.75 Å². The molecule has 1 fully saturated rings. The number of aromatic nitrogens is 5. The third kappa shape index (κ3) is 3.71. The van der Waals surface area contributed by atoms with Crippen molar-refractivity contribution in [2.24, 2.45) is 7.05 Å². The number of nitrogens with zero attached hydrogens (tertiary/aromatic N) is 5. The Hall–Kier alpha value is -3.47. The van der Waals surface area contributed by atoms with Crippen molar-refractivity contribution >= 4 is 38.4 Å². The van der Waals surface area contributed by atoms with Crippen molar-refractivity contribution in [3.8, 4) is 11.5 Å². The van der Waals surface area contributed by atoms with Crippen LogP contribution in [-0.4, -0.2) is 49.8 Å². The van der Waals surface area contributed by atoms with Crippen molar-refractivity contribution in [3.05, 3.63) is 36.2 Å². The van der Waals surface area contributed by atoms with Gasteiger partial charge in [0.2, 0.25) is 0 Å². The number of ether oxygens (including phenoxy) is 1. The molecule has 1 amide bonds. The molecule has 4 heterocycles. The second-order valence-corrected chi connectivity index (χ2v) is 10.8. The zero-order chi connectivity index (χ0) is 23.5. The van der Waals surface area contributed by atoms with Crippen LogP contribution in [0.5, 0.6) is 0 Å². The van der Waals surface area contributed by atoms with E-state index in [4.69, 9.17) is 4.74 Å². The number of pyridine rings is 2. The van der Waals surface area contributed by atoms with E-state index in [0.29, 0.717) is 28.3 Å². The number of amides is 1. The summed E-state index contributed by atoms with van der Waals surface area (Å²) in [5, 5.41) is 2.75. The van der Waals surface area contributed by atoms with E-state index in [1.807, 2.05) is 19.9 Å². The minimum absolute atomic E-state index is 0.0507. The van der Waals surface area contributed by atoms with Crippen molar-refractivity contribution in [3.63, 3.8) is 0 Å². The molecule has 0 spiro atoms. The molecule has 0 radical (unpaired) electrons. The standard InChI is InChI=1S/C22H24N6O4S/c1-5-33(30,31)20-17(19-25-15-10-13(2)12-23-18(15)27(19)4)26-16-11-14(6-9-28(16)20)24-21(29)32-22(3)7-8-22/h6,9-12H,5,7-8H2,1-4H3,(H,24,29). The number of sulfone groups is 1. The van der Waals surface area contributed by atoms with Crippen LogP contribution in [0.3, 0.4) is 0 Å². The molecule has 1 aliphatic rings. The second kappa shape index (κ2) is 7.27. The zero-order valence-electron chi connectivity index (χ0n) is 18.8. The quantitative estimate of drug-likeness (QED) is 0.476. The normalized spacial score (nSPS) is 15.2. The van der Waals surface area contributed by atoms with Crippen molar-refractivity contribution in [1.82, 2.24) is 23.9 Å². The molecular formula is C22H24N6O4S. The molecule has 1 saturated carbocycles. The summed E-state index contributed by atoms with van der Waals surface area (Å²) in [4.78, 5) is 25.9. The highest BCUT2D eigenvalue weighted by Gasteiger charge is 2.41. The lowest BCUT2D eigenvalue weighted by molar-refractivity contribution is 0.107. The Labute approximate surface area is 190 Å². The van der Waals surface area contributed by atoms with E-state index in [2.05, 4.69) is 20.3 Å². The topological polar surface area (TPSA) is 120 Å². The van der Waals surface area contributed by atoms with Crippen LogP contribution in [0, 0.1) is 6.92 Å². The summed E-state index contributed by atoms with van der Waals surface area (Å²) in [6.07, 6.45) is 4.44. The number of nitrogens with one attached hydrogen (secondary N) is 1. The molecule has 11 heteroatoms. The number of anilines is 1. The van der Waals surface area contributed by atoms with Gasteiger partial charge in [-0.15, -0.1) is 0 Å². The van der Waals surface area contributed by atoms with Gasteiger partial charge in [0, 0.05) is 31.2 Å². The van der Waals surface area contributed by atoms with Gasteiger partial charge in [-0.25, -0.2) is 28.2 Å². The van der Waals surface area contributed by atoms with Gasteiger partial charge in [0.15, 0.2) is 26.3 Å². The number of fused-ring (bicyclic) bond motifs is 2. The first-order valence-electron chi connectivity index (χ1n) is 10.6. The number of rotatable bonds is 5. The maximum Gasteiger partial charge on any atom is 0.412 e. The number of aryl methyl sites for hydroxylation is 2. The van der Waals surface area contributed by atoms with Gasteiger partial charge in [-0.3, -0.25) is 9.72 Å². The molecule has 5 rings (SSSR count). The van der Waals surface area contributed by atoms with Crippen LogP contribution in [0.2, 0.25) is 0 Å². The SMILES string of the molecule is CCS(=O)(=O)c1c(-c2nc3cc(C)cnc3n2C)nc2cc(NC(=O)OC3(C)CC3)ccn12. The largest absolute Gasteiger partial charge is 0.443 e. The molecule has 10 nitrogen and oxygen atoms in total. The average Bonchev–Trinajstić information content (AvgIpc) is 3.21. The fourth-order valence-electron chi connectivity index (χ4n) is 3.71. The van der Waals surface area contributed by atoms with E-state index in [-0.39, 0.29) is 16.5 Å². The number of imidazole rings is 2. The molecule has 4 aromatic rings. The second-order valence-electron chi connectivity index (χ2n) is 8.63. The number of carbonyl (C=O) groups excluding carboxylic acids is 1. The Bertz CT molecular complexity index is 1530. The minimum Gasteiger partial charge on any atom is -0.443 e. The maximum atomic E-state index is 13.1. The first-order valence-corrected chi connectivity index (χ1v) is 12.3. The van der Waals surface area contributed by atoms with E-state index in [1.54, 1.807) is 43.1 Å². The van der Waals surface area contributed by atoms with E-state index in [1.165, 1.54) is 4.40 Å².